The normalized spacial score (nSPS) is 18.2. The Morgan fingerprint density at radius 2 is 1.93 bits per heavy atom. The van der Waals surface area contributed by atoms with Gasteiger partial charge in [0.1, 0.15) is 11.5 Å². The van der Waals surface area contributed by atoms with Crippen LogP contribution in [0.15, 0.2) is 35.7 Å². The van der Waals surface area contributed by atoms with Crippen LogP contribution in [0.5, 0.6) is 11.5 Å². The number of thiophene rings is 1. The summed E-state index contributed by atoms with van der Waals surface area (Å²) in [4.78, 5) is 15.6. The molecular weight excluding hydrogens is 386 g/mol. The van der Waals surface area contributed by atoms with Crippen molar-refractivity contribution in [2.24, 2.45) is 0 Å². The van der Waals surface area contributed by atoms with Crippen LogP contribution in [0, 0.1) is 6.92 Å². The SMILES string of the molecule is COc1ccc(OCC(=O)N(Cc2sccc2C)[C@H]2CCS(=O)(=O)C2)cc1. The molecule has 2 heterocycles. The molecule has 1 aliphatic rings. The number of methoxy groups -OCH3 is 1. The highest BCUT2D eigenvalue weighted by atomic mass is 32.2. The highest BCUT2D eigenvalue weighted by molar-refractivity contribution is 7.91. The maximum absolute atomic E-state index is 12.9. The van der Waals surface area contributed by atoms with Crippen LogP contribution in [0.3, 0.4) is 0 Å². The van der Waals surface area contributed by atoms with E-state index >= 15 is 0 Å². The van der Waals surface area contributed by atoms with Gasteiger partial charge in [0.05, 0.1) is 25.2 Å². The van der Waals surface area contributed by atoms with Crippen molar-refractivity contribution in [3.63, 3.8) is 0 Å². The molecule has 27 heavy (non-hydrogen) atoms. The lowest BCUT2D eigenvalue weighted by Crippen LogP contribution is -2.43. The van der Waals surface area contributed by atoms with E-state index in [0.717, 1.165) is 10.4 Å². The summed E-state index contributed by atoms with van der Waals surface area (Å²) in [5, 5.41) is 1.98. The van der Waals surface area contributed by atoms with Gasteiger partial charge < -0.3 is 14.4 Å². The van der Waals surface area contributed by atoms with Crippen molar-refractivity contribution in [1.29, 1.82) is 0 Å². The van der Waals surface area contributed by atoms with Gasteiger partial charge in [-0.3, -0.25) is 4.79 Å². The summed E-state index contributed by atoms with van der Waals surface area (Å²) >= 11 is 1.57. The van der Waals surface area contributed by atoms with E-state index in [-0.39, 0.29) is 30.1 Å². The molecule has 1 saturated heterocycles. The van der Waals surface area contributed by atoms with Crippen molar-refractivity contribution >= 4 is 27.1 Å². The topological polar surface area (TPSA) is 72.9 Å². The zero-order valence-electron chi connectivity index (χ0n) is 15.4. The Kier molecular flexibility index (Phi) is 6.06. The first-order valence-corrected chi connectivity index (χ1v) is 11.4. The van der Waals surface area contributed by atoms with Crippen molar-refractivity contribution < 1.29 is 22.7 Å². The predicted octanol–water partition coefficient (Wildman–Crippen LogP) is 2.66. The first-order chi connectivity index (χ1) is 12.9. The number of ether oxygens (including phenoxy) is 2. The van der Waals surface area contributed by atoms with Gasteiger partial charge in [0.15, 0.2) is 16.4 Å². The van der Waals surface area contributed by atoms with Crippen LogP contribution >= 0.6 is 11.3 Å². The summed E-state index contributed by atoms with van der Waals surface area (Å²) in [5.41, 5.74) is 1.11. The molecule has 0 unspecified atom stereocenters. The molecule has 1 aromatic carbocycles. The Bertz CT molecular complexity index is 889. The molecule has 0 spiro atoms. The number of carbonyl (C=O) groups excluding carboxylic acids is 1. The van der Waals surface area contributed by atoms with Crippen LogP contribution in [0.1, 0.15) is 16.9 Å². The minimum absolute atomic E-state index is 0.0195. The summed E-state index contributed by atoms with van der Waals surface area (Å²) in [5.74, 6) is 1.21. The lowest BCUT2D eigenvalue weighted by molar-refractivity contribution is -0.135. The number of carbonyl (C=O) groups is 1. The number of aryl methyl sites for hydroxylation is 1. The third-order valence-electron chi connectivity index (χ3n) is 4.67. The van der Waals surface area contributed by atoms with Gasteiger partial charge in [-0.1, -0.05) is 0 Å². The van der Waals surface area contributed by atoms with Crippen molar-refractivity contribution in [2.45, 2.75) is 25.9 Å². The molecule has 8 heteroatoms. The average molecular weight is 410 g/mol. The minimum atomic E-state index is -3.08. The maximum Gasteiger partial charge on any atom is 0.261 e. The van der Waals surface area contributed by atoms with Crippen LogP contribution in [0.25, 0.3) is 0 Å². The highest BCUT2D eigenvalue weighted by Crippen LogP contribution is 2.24. The van der Waals surface area contributed by atoms with E-state index in [1.54, 1.807) is 47.6 Å². The predicted molar refractivity (Wildman–Crippen MR) is 105 cm³/mol. The number of rotatable bonds is 7. The van der Waals surface area contributed by atoms with Gasteiger partial charge in [0.2, 0.25) is 0 Å². The zero-order valence-corrected chi connectivity index (χ0v) is 17.0. The smallest absolute Gasteiger partial charge is 0.261 e. The van der Waals surface area contributed by atoms with E-state index in [1.807, 2.05) is 18.4 Å². The van der Waals surface area contributed by atoms with E-state index in [2.05, 4.69) is 0 Å². The van der Waals surface area contributed by atoms with E-state index in [9.17, 15) is 13.2 Å². The summed E-state index contributed by atoms with van der Waals surface area (Å²) in [7, 11) is -1.50. The third-order valence-corrected chi connectivity index (χ3v) is 7.43. The van der Waals surface area contributed by atoms with E-state index in [0.29, 0.717) is 24.5 Å². The molecule has 6 nitrogen and oxygen atoms in total. The van der Waals surface area contributed by atoms with Gasteiger partial charge in [-0.15, -0.1) is 11.3 Å². The fraction of sp³-hybridized carbons (Fsp3) is 0.421. The Balaban J connectivity index is 1.70. The molecule has 0 saturated carbocycles. The molecular formula is C19H23NO5S2. The Hall–Kier alpha value is -2.06. The number of hydrogen-bond donors (Lipinski definition) is 0. The van der Waals surface area contributed by atoms with Crippen molar-refractivity contribution in [1.82, 2.24) is 4.90 Å². The van der Waals surface area contributed by atoms with Crippen LogP contribution < -0.4 is 9.47 Å². The zero-order chi connectivity index (χ0) is 19.4. The van der Waals surface area contributed by atoms with Gasteiger partial charge in [-0.25, -0.2) is 8.42 Å². The fourth-order valence-electron chi connectivity index (χ4n) is 3.06. The molecule has 1 atom stereocenters. The first kappa shape index (κ1) is 19.7. The number of benzene rings is 1. The fourth-order valence-corrected chi connectivity index (χ4v) is 5.70. The second kappa shape index (κ2) is 8.31. The van der Waals surface area contributed by atoms with Crippen molar-refractivity contribution in [3.05, 3.63) is 46.2 Å². The van der Waals surface area contributed by atoms with Crippen molar-refractivity contribution in [2.75, 3.05) is 25.2 Å². The number of nitrogens with zero attached hydrogens (tertiary/aromatic N) is 1. The third kappa shape index (κ3) is 5.01. The Morgan fingerprint density at radius 3 is 2.48 bits per heavy atom. The molecule has 1 aromatic heterocycles. The van der Waals surface area contributed by atoms with Gasteiger partial charge in [0, 0.05) is 10.9 Å². The molecule has 1 amide bonds. The van der Waals surface area contributed by atoms with Gasteiger partial charge >= 0.3 is 0 Å². The molecule has 2 aromatic rings. The van der Waals surface area contributed by atoms with Crippen molar-refractivity contribution in [3.8, 4) is 11.5 Å². The number of hydrogen-bond acceptors (Lipinski definition) is 6. The lowest BCUT2D eigenvalue weighted by atomic mass is 10.2. The summed E-state index contributed by atoms with van der Waals surface area (Å²) in [6, 6.07) is 8.69. The average Bonchev–Trinajstić information content (AvgIpc) is 3.22. The van der Waals surface area contributed by atoms with Crippen LogP contribution in [0.2, 0.25) is 0 Å². The van der Waals surface area contributed by atoms with Crippen LogP contribution in [-0.2, 0) is 21.2 Å². The molecule has 146 valence electrons. The van der Waals surface area contributed by atoms with Gasteiger partial charge in [-0.05, 0) is 54.6 Å². The van der Waals surface area contributed by atoms with Gasteiger partial charge in [-0.2, -0.15) is 0 Å². The quantitative estimate of drug-likeness (QED) is 0.703. The second-order valence-corrected chi connectivity index (χ2v) is 9.80. The van der Waals surface area contributed by atoms with E-state index in [4.69, 9.17) is 9.47 Å². The monoisotopic (exact) mass is 409 g/mol. The van der Waals surface area contributed by atoms with E-state index < -0.39 is 9.84 Å². The largest absolute Gasteiger partial charge is 0.497 e. The first-order valence-electron chi connectivity index (χ1n) is 8.67. The molecule has 1 fully saturated rings. The molecule has 0 aliphatic carbocycles. The standard InChI is InChI=1S/C19H23NO5S2/c1-14-7-9-26-18(14)11-20(15-8-10-27(22,23)13-15)19(21)12-25-17-5-3-16(24-2)4-6-17/h3-7,9,15H,8,10-13H2,1-2H3/t15-/m0/s1. The maximum atomic E-state index is 12.9. The Morgan fingerprint density at radius 1 is 1.22 bits per heavy atom. The Labute approximate surface area is 163 Å². The lowest BCUT2D eigenvalue weighted by Gasteiger charge is -2.28. The van der Waals surface area contributed by atoms with Gasteiger partial charge in [0.25, 0.3) is 5.91 Å². The van der Waals surface area contributed by atoms with Crippen LogP contribution in [0.4, 0.5) is 0 Å². The molecule has 1 aliphatic heterocycles. The second-order valence-electron chi connectivity index (χ2n) is 6.57. The molecule has 0 radical (unpaired) electrons. The highest BCUT2D eigenvalue weighted by Gasteiger charge is 2.35. The molecule has 0 N–H and O–H groups in total. The van der Waals surface area contributed by atoms with Crippen LogP contribution in [-0.4, -0.2) is 50.5 Å². The summed E-state index contributed by atoms with van der Waals surface area (Å²) in [6.07, 6.45) is 0.473. The summed E-state index contributed by atoms with van der Waals surface area (Å²) < 4.78 is 34.5. The number of sulfone groups is 1. The molecule has 0 bridgehead atoms. The summed E-state index contributed by atoms with van der Waals surface area (Å²) in [6.45, 7) is 2.27. The minimum Gasteiger partial charge on any atom is -0.497 e. The number of amides is 1. The van der Waals surface area contributed by atoms with E-state index in [1.165, 1.54) is 0 Å². The molecule has 3 rings (SSSR count).